The molecule has 0 aliphatic heterocycles. The topological polar surface area (TPSA) is 65.2 Å². The van der Waals surface area contributed by atoms with Gasteiger partial charge in [0, 0.05) is 17.3 Å². The number of benzene rings is 1. The maximum Gasteiger partial charge on any atom is 0.248 e. The number of hydrogen-bond donors (Lipinski definition) is 1. The molecule has 0 bridgehead atoms. The monoisotopic (exact) mass is 228 g/mol. The summed E-state index contributed by atoms with van der Waals surface area (Å²) < 4.78 is 5.24. The maximum absolute atomic E-state index is 11.1. The lowest BCUT2D eigenvalue weighted by Crippen LogP contribution is -2.11. The molecule has 1 aromatic heterocycles. The van der Waals surface area contributed by atoms with Crippen LogP contribution in [0.15, 0.2) is 42.6 Å². The molecule has 4 heteroatoms. The highest BCUT2D eigenvalue weighted by Crippen LogP contribution is 2.28. The zero-order valence-electron chi connectivity index (χ0n) is 9.38. The first kappa shape index (κ1) is 11.1. The molecule has 2 rings (SSSR count). The van der Waals surface area contributed by atoms with Crippen molar-refractivity contribution in [1.82, 2.24) is 4.98 Å². The van der Waals surface area contributed by atoms with Gasteiger partial charge in [0.25, 0.3) is 0 Å². The Hall–Kier alpha value is -2.36. The number of methoxy groups -OCH3 is 1. The molecule has 0 saturated heterocycles. The molecule has 0 atom stereocenters. The number of carbonyl (C=O) groups is 1. The van der Waals surface area contributed by atoms with Crippen LogP contribution in [-0.4, -0.2) is 18.0 Å². The van der Waals surface area contributed by atoms with Crippen molar-refractivity contribution >= 4 is 5.91 Å². The second kappa shape index (κ2) is 4.65. The zero-order chi connectivity index (χ0) is 12.3. The fourth-order valence-corrected chi connectivity index (χ4v) is 1.59. The number of nitrogens with zero attached hydrogens (tertiary/aromatic N) is 1. The molecule has 0 unspecified atom stereocenters. The van der Waals surface area contributed by atoms with Crippen LogP contribution in [0.25, 0.3) is 11.3 Å². The zero-order valence-corrected chi connectivity index (χ0v) is 9.38. The van der Waals surface area contributed by atoms with Crippen molar-refractivity contribution in [2.45, 2.75) is 0 Å². The molecule has 2 N–H and O–H groups in total. The summed E-state index contributed by atoms with van der Waals surface area (Å²) in [6.07, 6.45) is 1.56. The van der Waals surface area contributed by atoms with Crippen molar-refractivity contribution in [3.8, 4) is 17.0 Å². The number of amides is 1. The standard InChI is InChI=1S/C13H12N2O2/c1-17-12-5-3-2-4-10(12)11-8-9(13(14)16)6-7-15-11/h2-8H,1H3,(H2,14,16). The van der Waals surface area contributed by atoms with E-state index in [9.17, 15) is 4.79 Å². The van der Waals surface area contributed by atoms with Crippen LogP contribution >= 0.6 is 0 Å². The normalized spacial score (nSPS) is 9.94. The summed E-state index contributed by atoms with van der Waals surface area (Å²) in [5.74, 6) is 0.241. The Morgan fingerprint density at radius 3 is 2.76 bits per heavy atom. The number of pyridine rings is 1. The lowest BCUT2D eigenvalue weighted by Gasteiger charge is -2.07. The van der Waals surface area contributed by atoms with Crippen molar-refractivity contribution in [2.24, 2.45) is 5.73 Å². The van der Waals surface area contributed by atoms with Gasteiger partial charge in [-0.1, -0.05) is 12.1 Å². The summed E-state index contributed by atoms with van der Waals surface area (Å²) >= 11 is 0. The van der Waals surface area contributed by atoms with Crippen molar-refractivity contribution in [3.63, 3.8) is 0 Å². The molecule has 0 saturated carbocycles. The summed E-state index contributed by atoms with van der Waals surface area (Å²) in [4.78, 5) is 15.3. The van der Waals surface area contributed by atoms with Gasteiger partial charge in [-0.2, -0.15) is 0 Å². The minimum absolute atomic E-state index is 0.431. The van der Waals surface area contributed by atoms with Gasteiger partial charge in [0.05, 0.1) is 12.8 Å². The average molecular weight is 228 g/mol. The second-order valence-corrected chi connectivity index (χ2v) is 3.49. The Balaban J connectivity index is 2.52. The van der Waals surface area contributed by atoms with Crippen LogP contribution in [0.4, 0.5) is 0 Å². The molecule has 0 spiro atoms. The van der Waals surface area contributed by atoms with Gasteiger partial charge < -0.3 is 10.5 Å². The third-order valence-corrected chi connectivity index (χ3v) is 2.43. The lowest BCUT2D eigenvalue weighted by molar-refractivity contribution is 0.1000. The summed E-state index contributed by atoms with van der Waals surface area (Å²) in [5, 5.41) is 0. The van der Waals surface area contributed by atoms with Crippen molar-refractivity contribution in [3.05, 3.63) is 48.2 Å². The Morgan fingerprint density at radius 2 is 2.06 bits per heavy atom. The van der Waals surface area contributed by atoms with Crippen LogP contribution in [0.3, 0.4) is 0 Å². The molecule has 1 heterocycles. The number of para-hydroxylation sites is 1. The van der Waals surface area contributed by atoms with Gasteiger partial charge in [-0.3, -0.25) is 9.78 Å². The fourth-order valence-electron chi connectivity index (χ4n) is 1.59. The highest BCUT2D eigenvalue weighted by molar-refractivity contribution is 5.93. The third kappa shape index (κ3) is 2.25. The number of primary amides is 1. The van der Waals surface area contributed by atoms with Gasteiger partial charge in [0.1, 0.15) is 5.75 Å². The number of nitrogens with two attached hydrogens (primary N) is 1. The number of aromatic nitrogens is 1. The van der Waals surface area contributed by atoms with Crippen LogP contribution in [0.5, 0.6) is 5.75 Å². The largest absolute Gasteiger partial charge is 0.496 e. The summed E-state index contributed by atoms with van der Waals surface area (Å²) in [5.41, 5.74) is 7.16. The summed E-state index contributed by atoms with van der Waals surface area (Å²) in [7, 11) is 1.59. The molecule has 0 radical (unpaired) electrons. The van der Waals surface area contributed by atoms with Gasteiger partial charge in [-0.25, -0.2) is 0 Å². The molecule has 86 valence electrons. The molecule has 0 aliphatic rings. The molecule has 4 nitrogen and oxygen atoms in total. The van der Waals surface area contributed by atoms with Gasteiger partial charge in [-0.15, -0.1) is 0 Å². The van der Waals surface area contributed by atoms with Crippen LogP contribution in [0.1, 0.15) is 10.4 Å². The predicted molar refractivity (Wildman–Crippen MR) is 64.7 cm³/mol. The quantitative estimate of drug-likeness (QED) is 0.871. The van der Waals surface area contributed by atoms with E-state index in [4.69, 9.17) is 10.5 Å². The van der Waals surface area contributed by atoms with E-state index in [1.807, 2.05) is 24.3 Å². The van der Waals surface area contributed by atoms with Gasteiger partial charge in [-0.05, 0) is 24.3 Å². The van der Waals surface area contributed by atoms with E-state index in [1.54, 1.807) is 25.4 Å². The second-order valence-electron chi connectivity index (χ2n) is 3.49. The first-order valence-electron chi connectivity index (χ1n) is 5.11. The Labute approximate surface area is 99.1 Å². The SMILES string of the molecule is COc1ccccc1-c1cc(C(N)=O)ccn1. The minimum Gasteiger partial charge on any atom is -0.496 e. The number of ether oxygens (including phenoxy) is 1. The van der Waals surface area contributed by atoms with Gasteiger partial charge in [0.15, 0.2) is 0 Å². The fraction of sp³-hybridized carbons (Fsp3) is 0.0769. The van der Waals surface area contributed by atoms with Gasteiger partial charge >= 0.3 is 0 Å². The van der Waals surface area contributed by atoms with Crippen molar-refractivity contribution < 1.29 is 9.53 Å². The van der Waals surface area contributed by atoms with E-state index in [0.29, 0.717) is 17.0 Å². The first-order valence-corrected chi connectivity index (χ1v) is 5.11. The highest BCUT2D eigenvalue weighted by atomic mass is 16.5. The van der Waals surface area contributed by atoms with E-state index < -0.39 is 5.91 Å². The molecule has 1 amide bonds. The predicted octanol–water partition coefficient (Wildman–Crippen LogP) is 1.86. The van der Waals surface area contributed by atoms with Crippen molar-refractivity contribution in [2.75, 3.05) is 7.11 Å². The highest BCUT2D eigenvalue weighted by Gasteiger charge is 2.08. The molecule has 0 fully saturated rings. The lowest BCUT2D eigenvalue weighted by atomic mass is 10.1. The number of rotatable bonds is 3. The number of carbonyl (C=O) groups excluding carboxylic acids is 1. The van der Waals surface area contributed by atoms with Crippen LogP contribution in [0, 0.1) is 0 Å². The summed E-state index contributed by atoms with van der Waals surface area (Å²) in [6, 6.07) is 10.7. The molecule has 0 aliphatic carbocycles. The van der Waals surface area contributed by atoms with E-state index in [-0.39, 0.29) is 0 Å². The number of hydrogen-bond acceptors (Lipinski definition) is 3. The van der Waals surface area contributed by atoms with Crippen molar-refractivity contribution in [1.29, 1.82) is 0 Å². The third-order valence-electron chi connectivity index (χ3n) is 2.43. The molecule has 17 heavy (non-hydrogen) atoms. The first-order chi connectivity index (χ1) is 8.22. The molecule has 1 aromatic carbocycles. The molecular weight excluding hydrogens is 216 g/mol. The van der Waals surface area contributed by atoms with Crippen LogP contribution < -0.4 is 10.5 Å². The van der Waals surface area contributed by atoms with E-state index >= 15 is 0 Å². The van der Waals surface area contributed by atoms with Crippen LogP contribution in [-0.2, 0) is 0 Å². The van der Waals surface area contributed by atoms with Gasteiger partial charge in [0.2, 0.25) is 5.91 Å². The average Bonchev–Trinajstić information content (AvgIpc) is 2.39. The smallest absolute Gasteiger partial charge is 0.248 e. The van der Waals surface area contributed by atoms with E-state index in [0.717, 1.165) is 5.56 Å². The Kier molecular flexibility index (Phi) is 3.05. The molecular formula is C13H12N2O2. The molecule has 2 aromatic rings. The van der Waals surface area contributed by atoms with Crippen LogP contribution in [0.2, 0.25) is 0 Å². The minimum atomic E-state index is -0.469. The Morgan fingerprint density at radius 1 is 1.29 bits per heavy atom. The Bertz CT molecular complexity index is 553. The van der Waals surface area contributed by atoms with E-state index in [2.05, 4.69) is 4.98 Å². The van der Waals surface area contributed by atoms with E-state index in [1.165, 1.54) is 0 Å². The summed E-state index contributed by atoms with van der Waals surface area (Å²) in [6.45, 7) is 0. The maximum atomic E-state index is 11.1.